The van der Waals surface area contributed by atoms with Gasteiger partial charge in [-0.3, -0.25) is 0 Å². The van der Waals surface area contributed by atoms with Gasteiger partial charge in [-0.1, -0.05) is 43.3 Å². The zero-order valence-corrected chi connectivity index (χ0v) is 13.2. The summed E-state index contributed by atoms with van der Waals surface area (Å²) in [6, 6.07) is 12.4. The molecule has 0 amide bonds. The summed E-state index contributed by atoms with van der Waals surface area (Å²) in [6.07, 6.45) is 3.63. The maximum Gasteiger partial charge on any atom is 0.330 e. The quantitative estimate of drug-likeness (QED) is 0.619. The molecular weight excluding hydrogens is 280 g/mol. The van der Waals surface area contributed by atoms with Crippen LogP contribution in [0.5, 0.6) is 0 Å². The van der Waals surface area contributed by atoms with Crippen molar-refractivity contribution in [3.8, 4) is 0 Å². The highest BCUT2D eigenvalue weighted by Crippen LogP contribution is 2.27. The van der Waals surface area contributed by atoms with Gasteiger partial charge >= 0.3 is 5.97 Å². The molecule has 1 atom stereocenters. The van der Waals surface area contributed by atoms with Crippen LogP contribution in [0.3, 0.4) is 0 Å². The van der Waals surface area contributed by atoms with Gasteiger partial charge in [0.2, 0.25) is 0 Å². The predicted molar refractivity (Wildman–Crippen MR) is 90.1 cm³/mol. The van der Waals surface area contributed by atoms with Gasteiger partial charge in [-0.05, 0) is 48.1 Å². The molecule has 21 heavy (non-hydrogen) atoms. The van der Waals surface area contributed by atoms with E-state index in [1.807, 2.05) is 24.3 Å². The van der Waals surface area contributed by atoms with Crippen LogP contribution >= 0.6 is 12.6 Å². The minimum atomic E-state index is -0.845. The molecule has 0 fully saturated rings. The summed E-state index contributed by atoms with van der Waals surface area (Å²) in [5, 5.41) is 11.4. The van der Waals surface area contributed by atoms with Crippen LogP contribution in [0.2, 0.25) is 0 Å². The first kappa shape index (κ1) is 15.6. The van der Waals surface area contributed by atoms with E-state index in [1.54, 1.807) is 6.92 Å². The van der Waals surface area contributed by atoms with Gasteiger partial charge < -0.3 is 5.11 Å². The SMILES string of the molecule is CC(=CC(C)CCc1c(S)ccc2ccccc12)C(=O)O. The molecule has 0 saturated carbocycles. The van der Waals surface area contributed by atoms with E-state index in [-0.39, 0.29) is 5.92 Å². The van der Waals surface area contributed by atoms with Gasteiger partial charge in [0.05, 0.1) is 0 Å². The number of aryl methyl sites for hydroxylation is 1. The van der Waals surface area contributed by atoms with E-state index < -0.39 is 5.97 Å². The smallest absolute Gasteiger partial charge is 0.330 e. The Morgan fingerprint density at radius 3 is 2.71 bits per heavy atom. The van der Waals surface area contributed by atoms with Crippen molar-refractivity contribution < 1.29 is 9.90 Å². The van der Waals surface area contributed by atoms with Crippen LogP contribution in [0, 0.1) is 5.92 Å². The molecule has 2 nitrogen and oxygen atoms in total. The third kappa shape index (κ3) is 3.88. The molecule has 0 aromatic heterocycles. The van der Waals surface area contributed by atoms with Crippen molar-refractivity contribution in [2.75, 3.05) is 0 Å². The first-order valence-electron chi connectivity index (χ1n) is 7.10. The number of thiol groups is 1. The number of hydrogen-bond donors (Lipinski definition) is 2. The number of allylic oxidation sites excluding steroid dienone is 1. The molecule has 2 aromatic rings. The fourth-order valence-corrected chi connectivity index (χ4v) is 2.85. The summed E-state index contributed by atoms with van der Waals surface area (Å²) in [7, 11) is 0. The second-order valence-corrected chi connectivity index (χ2v) is 5.94. The van der Waals surface area contributed by atoms with Gasteiger partial charge in [0, 0.05) is 10.5 Å². The zero-order valence-electron chi connectivity index (χ0n) is 12.3. The third-order valence-electron chi connectivity index (χ3n) is 3.74. The minimum Gasteiger partial charge on any atom is -0.478 e. The van der Waals surface area contributed by atoms with Crippen LogP contribution in [0.4, 0.5) is 0 Å². The van der Waals surface area contributed by atoms with E-state index in [9.17, 15) is 4.79 Å². The highest BCUT2D eigenvalue weighted by atomic mass is 32.1. The molecule has 0 aliphatic carbocycles. The fourth-order valence-electron chi connectivity index (χ4n) is 2.54. The number of carbonyl (C=O) groups is 1. The monoisotopic (exact) mass is 300 g/mol. The van der Waals surface area contributed by atoms with Crippen molar-refractivity contribution in [2.45, 2.75) is 31.6 Å². The van der Waals surface area contributed by atoms with Gasteiger partial charge in [0.15, 0.2) is 0 Å². The number of fused-ring (bicyclic) bond motifs is 1. The normalized spacial score (nSPS) is 13.4. The summed E-state index contributed by atoms with van der Waals surface area (Å²) in [5.41, 5.74) is 1.65. The average molecular weight is 300 g/mol. The van der Waals surface area contributed by atoms with Gasteiger partial charge in [-0.15, -0.1) is 12.6 Å². The summed E-state index contributed by atoms with van der Waals surface area (Å²) in [6.45, 7) is 3.69. The molecular formula is C18H20O2S. The Morgan fingerprint density at radius 1 is 1.29 bits per heavy atom. The standard InChI is InChI=1S/C18H20O2S/c1-12(11-13(2)18(19)20)7-9-16-15-6-4-3-5-14(15)8-10-17(16)21/h3-6,8,10-12,21H,7,9H2,1-2H3,(H,19,20). The molecule has 0 radical (unpaired) electrons. The molecule has 0 aliphatic heterocycles. The van der Waals surface area contributed by atoms with E-state index in [0.29, 0.717) is 5.57 Å². The maximum absolute atomic E-state index is 10.9. The molecule has 0 bridgehead atoms. The topological polar surface area (TPSA) is 37.3 Å². The summed E-state index contributed by atoms with van der Waals surface area (Å²) < 4.78 is 0. The Bertz CT molecular complexity index is 689. The number of benzene rings is 2. The molecule has 1 N–H and O–H groups in total. The average Bonchev–Trinajstić information content (AvgIpc) is 2.46. The fraction of sp³-hybridized carbons (Fsp3) is 0.278. The Morgan fingerprint density at radius 2 is 2.00 bits per heavy atom. The van der Waals surface area contributed by atoms with Gasteiger partial charge in [-0.2, -0.15) is 0 Å². The Balaban J connectivity index is 2.19. The number of rotatable bonds is 5. The van der Waals surface area contributed by atoms with Gasteiger partial charge in [0.25, 0.3) is 0 Å². The van der Waals surface area contributed by atoms with Crippen LogP contribution in [0.25, 0.3) is 10.8 Å². The van der Waals surface area contributed by atoms with Gasteiger partial charge in [0.1, 0.15) is 0 Å². The molecule has 2 rings (SSSR count). The lowest BCUT2D eigenvalue weighted by molar-refractivity contribution is -0.132. The molecule has 3 heteroatoms. The van der Waals surface area contributed by atoms with Gasteiger partial charge in [-0.25, -0.2) is 4.79 Å². The van der Waals surface area contributed by atoms with E-state index >= 15 is 0 Å². The molecule has 0 aliphatic rings. The minimum absolute atomic E-state index is 0.229. The molecule has 2 aromatic carbocycles. The van der Waals surface area contributed by atoms with Crippen molar-refractivity contribution >= 4 is 29.4 Å². The van der Waals surface area contributed by atoms with Crippen LogP contribution in [-0.2, 0) is 11.2 Å². The summed E-state index contributed by atoms with van der Waals surface area (Å²) >= 11 is 4.57. The Hall–Kier alpha value is -1.74. The maximum atomic E-state index is 10.9. The van der Waals surface area contributed by atoms with Crippen LogP contribution in [-0.4, -0.2) is 11.1 Å². The highest BCUT2D eigenvalue weighted by molar-refractivity contribution is 7.80. The lowest BCUT2D eigenvalue weighted by atomic mass is 9.95. The van der Waals surface area contributed by atoms with Crippen molar-refractivity contribution in [3.63, 3.8) is 0 Å². The third-order valence-corrected chi connectivity index (χ3v) is 4.16. The number of carboxylic acid groups (broad SMARTS) is 1. The lowest BCUT2D eigenvalue weighted by Crippen LogP contribution is -2.01. The van der Waals surface area contributed by atoms with Crippen molar-refractivity contribution in [2.24, 2.45) is 5.92 Å². The first-order chi connectivity index (χ1) is 9.99. The van der Waals surface area contributed by atoms with E-state index in [1.165, 1.54) is 16.3 Å². The second kappa shape index (κ2) is 6.81. The van der Waals surface area contributed by atoms with E-state index in [2.05, 4.69) is 37.8 Å². The second-order valence-electron chi connectivity index (χ2n) is 5.46. The summed E-state index contributed by atoms with van der Waals surface area (Å²) in [5.74, 6) is -0.616. The number of aliphatic carboxylic acids is 1. The predicted octanol–water partition coefficient (Wildman–Crippen LogP) is 4.73. The van der Waals surface area contributed by atoms with Crippen molar-refractivity contribution in [3.05, 3.63) is 53.6 Å². The van der Waals surface area contributed by atoms with Crippen LogP contribution in [0.15, 0.2) is 52.9 Å². The molecule has 0 saturated heterocycles. The van der Waals surface area contributed by atoms with Crippen molar-refractivity contribution in [1.82, 2.24) is 0 Å². The first-order valence-corrected chi connectivity index (χ1v) is 7.55. The Kier molecular flexibility index (Phi) is 5.07. The number of carboxylic acids is 1. The molecule has 0 heterocycles. The van der Waals surface area contributed by atoms with E-state index in [4.69, 9.17) is 5.11 Å². The molecule has 1 unspecified atom stereocenters. The van der Waals surface area contributed by atoms with Crippen molar-refractivity contribution in [1.29, 1.82) is 0 Å². The number of hydrogen-bond acceptors (Lipinski definition) is 2. The highest BCUT2D eigenvalue weighted by Gasteiger charge is 2.08. The van der Waals surface area contributed by atoms with Crippen LogP contribution < -0.4 is 0 Å². The zero-order chi connectivity index (χ0) is 15.4. The Labute approximate surface area is 130 Å². The molecule has 0 spiro atoms. The lowest BCUT2D eigenvalue weighted by Gasteiger charge is -2.12. The molecule has 110 valence electrons. The van der Waals surface area contributed by atoms with Crippen LogP contribution in [0.1, 0.15) is 25.8 Å². The van der Waals surface area contributed by atoms with E-state index in [0.717, 1.165) is 17.7 Å². The summed E-state index contributed by atoms with van der Waals surface area (Å²) in [4.78, 5) is 11.9. The largest absolute Gasteiger partial charge is 0.478 e.